The van der Waals surface area contributed by atoms with E-state index in [0.717, 1.165) is 6.42 Å². The van der Waals surface area contributed by atoms with E-state index in [0.29, 0.717) is 6.54 Å². The number of nitrogens with two attached hydrogens (primary N) is 1. The fraction of sp³-hybridized carbons (Fsp3) is 0.455. The molecule has 0 bridgehead atoms. The molecule has 1 heterocycles. The highest BCUT2D eigenvalue weighted by atomic mass is 32.1. The first-order chi connectivity index (χ1) is 6.31. The molecule has 70 valence electrons. The second-order valence-electron chi connectivity index (χ2n) is 3.55. The van der Waals surface area contributed by atoms with E-state index in [1.807, 2.05) is 11.3 Å². The van der Waals surface area contributed by atoms with E-state index in [-0.39, 0.29) is 0 Å². The van der Waals surface area contributed by atoms with Gasteiger partial charge >= 0.3 is 0 Å². The minimum atomic E-state index is 0.710. The third kappa shape index (κ3) is 1.69. The van der Waals surface area contributed by atoms with Crippen LogP contribution in [0.3, 0.4) is 0 Å². The lowest BCUT2D eigenvalue weighted by Crippen LogP contribution is -1.98. The molecule has 0 saturated carbocycles. The first kappa shape index (κ1) is 8.97. The lowest BCUT2D eigenvalue weighted by molar-refractivity contribution is 0.914. The molecule has 2 rings (SSSR count). The Hall–Kier alpha value is -0.600. The zero-order chi connectivity index (χ0) is 9.26. The third-order valence-corrected chi connectivity index (χ3v) is 3.88. The summed E-state index contributed by atoms with van der Waals surface area (Å²) in [6.07, 6.45) is 4.81. The van der Waals surface area contributed by atoms with Crippen LogP contribution in [-0.2, 0) is 12.8 Å². The van der Waals surface area contributed by atoms with Crippen LogP contribution in [0.2, 0.25) is 0 Å². The molecule has 1 aromatic heterocycles. The molecule has 0 atom stereocenters. The van der Waals surface area contributed by atoms with Crippen LogP contribution in [0.1, 0.15) is 28.2 Å². The summed E-state index contributed by atoms with van der Waals surface area (Å²) >= 11 is 1.91. The fourth-order valence-electron chi connectivity index (χ4n) is 1.80. The molecule has 0 spiro atoms. The van der Waals surface area contributed by atoms with Gasteiger partial charge < -0.3 is 5.73 Å². The van der Waals surface area contributed by atoms with E-state index in [2.05, 4.69) is 12.6 Å². The summed E-state index contributed by atoms with van der Waals surface area (Å²) in [6.45, 7) is 4.77. The van der Waals surface area contributed by atoms with Crippen molar-refractivity contribution in [3.05, 3.63) is 28.0 Å². The number of aryl methyl sites for hydroxylation is 2. The van der Waals surface area contributed by atoms with Gasteiger partial charge in [-0.15, -0.1) is 11.3 Å². The van der Waals surface area contributed by atoms with Gasteiger partial charge in [0, 0.05) is 9.75 Å². The van der Waals surface area contributed by atoms with Crippen LogP contribution in [0.4, 0.5) is 0 Å². The van der Waals surface area contributed by atoms with Crippen molar-refractivity contribution in [1.82, 2.24) is 0 Å². The van der Waals surface area contributed by atoms with Gasteiger partial charge in [-0.25, -0.2) is 0 Å². The Morgan fingerprint density at radius 2 is 2.38 bits per heavy atom. The molecule has 0 saturated heterocycles. The Kier molecular flexibility index (Phi) is 2.51. The van der Waals surface area contributed by atoms with Gasteiger partial charge in [0.25, 0.3) is 0 Å². The highest BCUT2D eigenvalue weighted by Gasteiger charge is 2.15. The first-order valence-corrected chi connectivity index (χ1v) is 5.62. The molecular formula is C11H15NS. The van der Waals surface area contributed by atoms with Gasteiger partial charge in [-0.2, -0.15) is 0 Å². The molecule has 0 amide bonds. The fourth-order valence-corrected chi connectivity index (χ4v) is 3.05. The molecule has 0 unspecified atom stereocenters. The number of rotatable bonds is 3. The minimum absolute atomic E-state index is 0.710. The van der Waals surface area contributed by atoms with Crippen molar-refractivity contribution < 1.29 is 0 Å². The third-order valence-electron chi connectivity index (χ3n) is 2.54. The van der Waals surface area contributed by atoms with Crippen molar-refractivity contribution in [3.63, 3.8) is 0 Å². The summed E-state index contributed by atoms with van der Waals surface area (Å²) in [7, 11) is 0. The number of hydrogen-bond acceptors (Lipinski definition) is 2. The number of fused-ring (bicyclic) bond motifs is 1. The van der Waals surface area contributed by atoms with Crippen LogP contribution in [0.5, 0.6) is 0 Å². The van der Waals surface area contributed by atoms with Gasteiger partial charge in [-0.3, -0.25) is 0 Å². The highest BCUT2D eigenvalue weighted by Crippen LogP contribution is 2.34. The summed E-state index contributed by atoms with van der Waals surface area (Å²) in [5.41, 5.74) is 8.27. The largest absolute Gasteiger partial charge is 0.330 e. The van der Waals surface area contributed by atoms with Crippen molar-refractivity contribution in [2.75, 3.05) is 6.54 Å². The number of thiophene rings is 1. The van der Waals surface area contributed by atoms with Crippen molar-refractivity contribution in [3.8, 4) is 0 Å². The molecule has 0 radical (unpaired) electrons. The molecule has 0 aliphatic heterocycles. The summed E-state index contributed by atoms with van der Waals surface area (Å²) in [4.78, 5) is 2.93. The first-order valence-electron chi connectivity index (χ1n) is 4.81. The maximum atomic E-state index is 5.50. The van der Waals surface area contributed by atoms with Gasteiger partial charge in [0.05, 0.1) is 0 Å². The van der Waals surface area contributed by atoms with Gasteiger partial charge in [0.2, 0.25) is 0 Å². The Labute approximate surface area is 83.3 Å². The lowest BCUT2D eigenvalue weighted by Gasteiger charge is -1.99. The van der Waals surface area contributed by atoms with E-state index in [1.54, 1.807) is 10.4 Å². The molecule has 13 heavy (non-hydrogen) atoms. The van der Waals surface area contributed by atoms with Crippen molar-refractivity contribution in [1.29, 1.82) is 0 Å². The quantitative estimate of drug-likeness (QED) is 0.784. The van der Waals surface area contributed by atoms with Crippen molar-refractivity contribution in [2.45, 2.75) is 25.7 Å². The van der Waals surface area contributed by atoms with Crippen LogP contribution in [0, 0.1) is 0 Å². The summed E-state index contributed by atoms with van der Waals surface area (Å²) in [5.74, 6) is 0. The molecule has 0 aromatic carbocycles. The van der Waals surface area contributed by atoms with Gasteiger partial charge in [0.15, 0.2) is 0 Å². The van der Waals surface area contributed by atoms with Crippen LogP contribution in [0.25, 0.3) is 5.57 Å². The monoisotopic (exact) mass is 193 g/mol. The predicted octanol–water partition coefficient (Wildman–Crippen LogP) is 2.60. The van der Waals surface area contributed by atoms with Crippen LogP contribution in [0.15, 0.2) is 12.6 Å². The summed E-state index contributed by atoms with van der Waals surface area (Å²) in [6, 6.07) is 2.31. The molecule has 1 aliphatic rings. The Bertz CT molecular complexity index is 303. The van der Waals surface area contributed by atoms with Crippen molar-refractivity contribution in [2.24, 2.45) is 5.73 Å². The maximum absolute atomic E-state index is 5.50. The molecular weight excluding hydrogens is 178 g/mol. The van der Waals surface area contributed by atoms with Gasteiger partial charge in [-0.05, 0) is 49.4 Å². The molecule has 2 N–H and O–H groups in total. The zero-order valence-corrected chi connectivity index (χ0v) is 8.62. The smallest absolute Gasteiger partial charge is 0.0302 e. The predicted molar refractivity (Wildman–Crippen MR) is 59.0 cm³/mol. The average molecular weight is 193 g/mol. The minimum Gasteiger partial charge on any atom is -0.330 e. The Balaban J connectivity index is 2.18. The molecule has 1 aromatic rings. The molecule has 1 nitrogen and oxygen atoms in total. The number of hydrogen-bond donors (Lipinski definition) is 1. The molecule has 2 heteroatoms. The van der Waals surface area contributed by atoms with E-state index < -0.39 is 0 Å². The van der Waals surface area contributed by atoms with Gasteiger partial charge in [0.1, 0.15) is 0 Å². The second-order valence-corrected chi connectivity index (χ2v) is 4.69. The van der Waals surface area contributed by atoms with E-state index in [4.69, 9.17) is 5.73 Å². The topological polar surface area (TPSA) is 26.0 Å². The zero-order valence-electron chi connectivity index (χ0n) is 7.81. The SMILES string of the molecule is C=C(CCN)c1cc2c(s1)CCC2. The molecule has 0 fully saturated rings. The van der Waals surface area contributed by atoms with Gasteiger partial charge in [-0.1, -0.05) is 6.58 Å². The standard InChI is InChI=1S/C11H15NS/c1-8(5-6-12)11-7-9-3-2-4-10(9)13-11/h7H,1-6,12H2. The Morgan fingerprint density at radius 1 is 1.54 bits per heavy atom. The Morgan fingerprint density at radius 3 is 3.08 bits per heavy atom. The highest BCUT2D eigenvalue weighted by molar-refractivity contribution is 7.13. The average Bonchev–Trinajstić information content (AvgIpc) is 2.61. The molecule has 1 aliphatic carbocycles. The van der Waals surface area contributed by atoms with E-state index in [9.17, 15) is 0 Å². The lowest BCUT2D eigenvalue weighted by atomic mass is 10.1. The van der Waals surface area contributed by atoms with E-state index in [1.165, 1.54) is 29.7 Å². The summed E-state index contributed by atoms with van der Waals surface area (Å²) in [5, 5.41) is 0. The second kappa shape index (κ2) is 3.64. The van der Waals surface area contributed by atoms with Crippen LogP contribution >= 0.6 is 11.3 Å². The maximum Gasteiger partial charge on any atom is 0.0302 e. The van der Waals surface area contributed by atoms with E-state index >= 15 is 0 Å². The van der Waals surface area contributed by atoms with Crippen molar-refractivity contribution >= 4 is 16.9 Å². The van der Waals surface area contributed by atoms with Crippen LogP contribution in [-0.4, -0.2) is 6.54 Å². The van der Waals surface area contributed by atoms with Crippen LogP contribution < -0.4 is 5.73 Å². The normalized spacial score (nSPS) is 14.5. The summed E-state index contributed by atoms with van der Waals surface area (Å²) < 4.78 is 0.